The number of fused-ring (bicyclic) bond motifs is 1. The molecule has 154 valence electrons. The molecule has 1 aliphatic heterocycles. The average molecular weight is 420 g/mol. The second kappa shape index (κ2) is 7.35. The highest BCUT2D eigenvalue weighted by Gasteiger charge is 2.48. The fourth-order valence-corrected chi connectivity index (χ4v) is 4.38. The highest BCUT2D eigenvalue weighted by Crippen LogP contribution is 2.36. The summed E-state index contributed by atoms with van der Waals surface area (Å²) < 4.78 is 38.1. The van der Waals surface area contributed by atoms with E-state index >= 15 is 0 Å². The topological polar surface area (TPSA) is 150 Å². The Morgan fingerprint density at radius 1 is 1.24 bits per heavy atom. The van der Waals surface area contributed by atoms with Gasteiger partial charge >= 0.3 is 0 Å². The van der Waals surface area contributed by atoms with Crippen LogP contribution in [0.4, 0.5) is 5.82 Å². The van der Waals surface area contributed by atoms with Gasteiger partial charge in [0.05, 0.1) is 16.9 Å². The number of aryl methyl sites for hydroxylation is 1. The molecule has 1 aliphatic rings. The van der Waals surface area contributed by atoms with Crippen molar-refractivity contribution < 1.29 is 27.6 Å². The Kier molecular flexibility index (Phi) is 5.00. The van der Waals surface area contributed by atoms with Crippen LogP contribution in [0.3, 0.4) is 0 Å². The molecule has 4 N–H and O–H groups in total. The molecule has 3 aromatic rings. The van der Waals surface area contributed by atoms with Crippen molar-refractivity contribution in [2.45, 2.75) is 36.4 Å². The van der Waals surface area contributed by atoms with Gasteiger partial charge in [-0.15, -0.1) is 0 Å². The lowest BCUT2D eigenvalue weighted by atomic mass is 10.1. The third kappa shape index (κ3) is 3.47. The molecule has 0 amide bonds. The van der Waals surface area contributed by atoms with E-state index in [2.05, 4.69) is 9.97 Å². The Morgan fingerprint density at radius 2 is 1.97 bits per heavy atom. The van der Waals surface area contributed by atoms with E-state index in [0.717, 1.165) is 5.56 Å². The Bertz CT molecular complexity index is 1130. The van der Waals surface area contributed by atoms with Gasteiger partial charge in [0.15, 0.2) is 12.3 Å². The van der Waals surface area contributed by atoms with E-state index in [1.165, 1.54) is 23.0 Å². The van der Waals surface area contributed by atoms with Gasteiger partial charge in [0.2, 0.25) is 0 Å². The molecule has 1 saturated heterocycles. The summed E-state index contributed by atoms with van der Waals surface area (Å²) >= 11 is 0. The first-order valence-corrected chi connectivity index (χ1v) is 10.2. The van der Waals surface area contributed by atoms with Crippen LogP contribution < -0.4 is 5.73 Å². The number of nitrogen functional groups attached to an aromatic ring is 1. The van der Waals surface area contributed by atoms with Gasteiger partial charge in [0, 0.05) is 6.20 Å². The fourth-order valence-electron chi connectivity index (χ4n) is 3.30. The van der Waals surface area contributed by atoms with Crippen molar-refractivity contribution in [3.05, 3.63) is 48.4 Å². The van der Waals surface area contributed by atoms with E-state index in [1.807, 2.05) is 6.92 Å². The van der Waals surface area contributed by atoms with Crippen LogP contribution in [0.5, 0.6) is 0 Å². The summed E-state index contributed by atoms with van der Waals surface area (Å²) in [6.07, 6.45) is -1.94. The molecule has 0 aliphatic carbocycles. The van der Waals surface area contributed by atoms with E-state index in [0.29, 0.717) is 11.0 Å². The Hall–Kier alpha value is -2.57. The summed E-state index contributed by atoms with van der Waals surface area (Å²) in [6.45, 7) is 1.32. The zero-order valence-corrected chi connectivity index (χ0v) is 16.2. The fraction of sp³-hybridized carbons (Fsp3) is 0.333. The first kappa shape index (κ1) is 19.7. The molecule has 0 spiro atoms. The zero-order valence-electron chi connectivity index (χ0n) is 15.4. The number of ether oxygens (including phenoxy) is 1. The minimum atomic E-state index is -4.20. The summed E-state index contributed by atoms with van der Waals surface area (Å²) in [5.41, 5.74) is 7.13. The number of aliphatic hydroxyl groups is 2. The van der Waals surface area contributed by atoms with Crippen molar-refractivity contribution in [1.29, 1.82) is 0 Å². The van der Waals surface area contributed by atoms with Crippen LogP contribution in [0.25, 0.3) is 11.0 Å². The van der Waals surface area contributed by atoms with E-state index in [4.69, 9.17) is 14.7 Å². The van der Waals surface area contributed by atoms with Crippen molar-refractivity contribution in [2.24, 2.45) is 0 Å². The average Bonchev–Trinajstić information content (AvgIpc) is 3.24. The standard InChI is InChI=1S/C18H20N4O6S/c1-10-2-4-11(5-3-10)29(25,26)28-15-14(24)13(8-23)27-18(15)22-7-6-12-16(19)20-9-21-17(12)22/h2-7,9,13-15,18,23-24H,8H2,1H3,(H2,19,20,21)/t13-,14-,15-,18-/m1/s1. The number of aromatic nitrogens is 3. The zero-order chi connectivity index (χ0) is 20.8. The summed E-state index contributed by atoms with van der Waals surface area (Å²) in [7, 11) is -4.20. The molecular formula is C18H20N4O6S. The van der Waals surface area contributed by atoms with Crippen LogP contribution in [0.1, 0.15) is 11.8 Å². The predicted octanol–water partition coefficient (Wildman–Crippen LogP) is 0.347. The van der Waals surface area contributed by atoms with Gasteiger partial charge in [-0.05, 0) is 25.1 Å². The molecule has 4 atom stereocenters. The molecular weight excluding hydrogens is 400 g/mol. The maximum Gasteiger partial charge on any atom is 0.297 e. The second-order valence-corrected chi connectivity index (χ2v) is 8.36. The molecule has 10 nitrogen and oxygen atoms in total. The van der Waals surface area contributed by atoms with Gasteiger partial charge < -0.3 is 25.3 Å². The highest BCUT2D eigenvalue weighted by molar-refractivity contribution is 7.86. The van der Waals surface area contributed by atoms with E-state index < -0.39 is 41.3 Å². The van der Waals surface area contributed by atoms with Gasteiger partial charge in [0.25, 0.3) is 10.1 Å². The molecule has 1 aromatic carbocycles. The van der Waals surface area contributed by atoms with Crippen LogP contribution in [0.15, 0.2) is 47.8 Å². The molecule has 2 aromatic heterocycles. The van der Waals surface area contributed by atoms with Gasteiger partial charge in [-0.25, -0.2) is 9.97 Å². The van der Waals surface area contributed by atoms with Gasteiger partial charge in [-0.1, -0.05) is 17.7 Å². The molecule has 29 heavy (non-hydrogen) atoms. The van der Waals surface area contributed by atoms with Crippen molar-refractivity contribution in [1.82, 2.24) is 14.5 Å². The third-order valence-corrected chi connectivity index (χ3v) is 6.18. The van der Waals surface area contributed by atoms with E-state index in [-0.39, 0.29) is 10.7 Å². The first-order valence-electron chi connectivity index (χ1n) is 8.83. The lowest BCUT2D eigenvalue weighted by molar-refractivity contribution is -0.0481. The molecule has 3 heterocycles. The second-order valence-electron chi connectivity index (χ2n) is 6.79. The molecule has 0 radical (unpaired) electrons. The van der Waals surface area contributed by atoms with Gasteiger partial charge in [-0.2, -0.15) is 8.42 Å². The number of rotatable bonds is 5. The summed E-state index contributed by atoms with van der Waals surface area (Å²) in [6, 6.07) is 7.78. The van der Waals surface area contributed by atoms with Crippen LogP contribution in [-0.4, -0.2) is 58.1 Å². The Balaban J connectivity index is 1.72. The number of aliphatic hydroxyl groups excluding tert-OH is 2. The van der Waals surface area contributed by atoms with E-state index in [9.17, 15) is 18.6 Å². The van der Waals surface area contributed by atoms with Crippen LogP contribution in [-0.2, 0) is 19.0 Å². The van der Waals surface area contributed by atoms with Gasteiger partial charge in [-0.3, -0.25) is 4.18 Å². The largest absolute Gasteiger partial charge is 0.394 e. The van der Waals surface area contributed by atoms with Crippen molar-refractivity contribution in [3.63, 3.8) is 0 Å². The number of anilines is 1. The molecule has 1 fully saturated rings. The molecule has 0 bridgehead atoms. The van der Waals surface area contributed by atoms with Crippen LogP contribution in [0, 0.1) is 6.92 Å². The SMILES string of the molecule is Cc1ccc(S(=O)(=O)O[C@@H]2[C@H](O)[C@@H](CO)O[C@H]2n2ccc3c(N)ncnc32)cc1. The summed E-state index contributed by atoms with van der Waals surface area (Å²) in [5, 5.41) is 20.6. The van der Waals surface area contributed by atoms with E-state index in [1.54, 1.807) is 24.4 Å². The molecule has 0 saturated carbocycles. The van der Waals surface area contributed by atoms with Crippen molar-refractivity contribution in [2.75, 3.05) is 12.3 Å². The first-order chi connectivity index (χ1) is 13.8. The lowest BCUT2D eigenvalue weighted by Crippen LogP contribution is -2.37. The minimum absolute atomic E-state index is 0.0505. The van der Waals surface area contributed by atoms with Gasteiger partial charge in [0.1, 0.15) is 30.0 Å². The number of hydrogen-bond acceptors (Lipinski definition) is 9. The molecule has 0 unspecified atom stereocenters. The number of benzene rings is 1. The maximum atomic E-state index is 12.8. The van der Waals surface area contributed by atoms with Crippen molar-refractivity contribution in [3.8, 4) is 0 Å². The van der Waals surface area contributed by atoms with Crippen molar-refractivity contribution >= 4 is 27.0 Å². The quantitative estimate of drug-likeness (QED) is 0.497. The monoisotopic (exact) mass is 420 g/mol. The molecule has 11 heteroatoms. The number of hydrogen-bond donors (Lipinski definition) is 3. The summed E-state index contributed by atoms with van der Waals surface area (Å²) in [5.74, 6) is 0.246. The normalized spacial score (nSPS) is 24.9. The Morgan fingerprint density at radius 3 is 2.66 bits per heavy atom. The number of nitrogens with two attached hydrogens (primary N) is 1. The van der Waals surface area contributed by atoms with Crippen LogP contribution in [0.2, 0.25) is 0 Å². The highest BCUT2D eigenvalue weighted by atomic mass is 32.2. The Labute approximate surface area is 166 Å². The lowest BCUT2D eigenvalue weighted by Gasteiger charge is -2.22. The van der Waals surface area contributed by atoms with Crippen LogP contribution >= 0.6 is 0 Å². The predicted molar refractivity (Wildman–Crippen MR) is 102 cm³/mol. The third-order valence-electron chi connectivity index (χ3n) is 4.85. The number of nitrogens with zero attached hydrogens (tertiary/aromatic N) is 3. The minimum Gasteiger partial charge on any atom is -0.394 e. The summed E-state index contributed by atoms with van der Waals surface area (Å²) in [4.78, 5) is 8.03. The molecule has 4 rings (SSSR count). The maximum absolute atomic E-state index is 12.8. The smallest absolute Gasteiger partial charge is 0.297 e.